The van der Waals surface area contributed by atoms with Gasteiger partial charge in [-0.15, -0.1) is 0 Å². The lowest BCUT2D eigenvalue weighted by Crippen LogP contribution is -2.45. The Kier molecular flexibility index (Phi) is 5.29. The standard InChI is InChI=1S/C12H20N2O5/c1-12(2,11(17)18)10(16)13-4-3-9(15)14-5-7-19-8-6-14/h3-8H2,1-2H3,(H,13,16)(H,17,18). The Hall–Kier alpha value is -1.63. The predicted molar refractivity (Wildman–Crippen MR) is 66.4 cm³/mol. The molecule has 0 spiro atoms. The molecule has 2 amide bonds. The van der Waals surface area contributed by atoms with E-state index in [0.29, 0.717) is 26.3 Å². The average Bonchev–Trinajstić information content (AvgIpc) is 2.39. The highest BCUT2D eigenvalue weighted by molar-refractivity contribution is 6.01. The number of carboxylic acid groups (broad SMARTS) is 1. The van der Waals surface area contributed by atoms with E-state index < -0.39 is 17.3 Å². The van der Waals surface area contributed by atoms with Crippen LogP contribution in [-0.2, 0) is 19.1 Å². The van der Waals surface area contributed by atoms with Gasteiger partial charge in [-0.1, -0.05) is 0 Å². The van der Waals surface area contributed by atoms with E-state index in [1.165, 1.54) is 13.8 Å². The molecule has 0 aromatic heterocycles. The van der Waals surface area contributed by atoms with Crippen molar-refractivity contribution >= 4 is 17.8 Å². The Labute approximate surface area is 111 Å². The van der Waals surface area contributed by atoms with Crippen LogP contribution in [0, 0.1) is 5.41 Å². The molecule has 1 saturated heterocycles. The Morgan fingerprint density at radius 1 is 1.26 bits per heavy atom. The van der Waals surface area contributed by atoms with Crippen molar-refractivity contribution in [2.24, 2.45) is 5.41 Å². The summed E-state index contributed by atoms with van der Waals surface area (Å²) in [6, 6.07) is 0. The number of carbonyl (C=O) groups is 3. The summed E-state index contributed by atoms with van der Waals surface area (Å²) in [7, 11) is 0. The van der Waals surface area contributed by atoms with Crippen LogP contribution >= 0.6 is 0 Å². The molecule has 0 saturated carbocycles. The summed E-state index contributed by atoms with van der Waals surface area (Å²) in [5.74, 6) is -1.84. The first-order chi connectivity index (χ1) is 8.85. The van der Waals surface area contributed by atoms with E-state index in [0.717, 1.165) is 0 Å². The summed E-state index contributed by atoms with van der Waals surface area (Å²) in [5, 5.41) is 11.3. The van der Waals surface area contributed by atoms with Crippen molar-refractivity contribution in [3.63, 3.8) is 0 Å². The monoisotopic (exact) mass is 272 g/mol. The van der Waals surface area contributed by atoms with Crippen molar-refractivity contribution in [3.05, 3.63) is 0 Å². The van der Waals surface area contributed by atoms with Gasteiger partial charge in [-0.25, -0.2) is 0 Å². The molecule has 1 rings (SSSR count). The first-order valence-electron chi connectivity index (χ1n) is 6.23. The summed E-state index contributed by atoms with van der Waals surface area (Å²) in [6.45, 7) is 4.99. The van der Waals surface area contributed by atoms with Crippen LogP contribution in [0.2, 0.25) is 0 Å². The molecule has 0 bridgehead atoms. The molecule has 19 heavy (non-hydrogen) atoms. The number of amides is 2. The molecule has 7 nitrogen and oxygen atoms in total. The quantitative estimate of drug-likeness (QED) is 0.655. The number of nitrogens with zero attached hydrogens (tertiary/aromatic N) is 1. The normalized spacial score (nSPS) is 16.0. The van der Waals surface area contributed by atoms with Gasteiger partial charge in [0.05, 0.1) is 13.2 Å². The van der Waals surface area contributed by atoms with Crippen molar-refractivity contribution in [2.75, 3.05) is 32.8 Å². The zero-order chi connectivity index (χ0) is 14.5. The molecule has 0 unspecified atom stereocenters. The third kappa shape index (κ3) is 4.20. The van der Waals surface area contributed by atoms with Gasteiger partial charge in [0.25, 0.3) is 0 Å². The summed E-state index contributed by atoms with van der Waals surface area (Å²) < 4.78 is 5.13. The lowest BCUT2D eigenvalue weighted by atomic mass is 9.93. The first kappa shape index (κ1) is 15.4. The fraction of sp³-hybridized carbons (Fsp3) is 0.750. The van der Waals surface area contributed by atoms with Gasteiger partial charge in [-0.3, -0.25) is 14.4 Å². The van der Waals surface area contributed by atoms with E-state index >= 15 is 0 Å². The fourth-order valence-corrected chi connectivity index (χ4v) is 1.57. The van der Waals surface area contributed by atoms with Gasteiger partial charge in [-0.2, -0.15) is 0 Å². The molecular weight excluding hydrogens is 252 g/mol. The molecule has 1 aliphatic rings. The van der Waals surface area contributed by atoms with Crippen molar-refractivity contribution in [2.45, 2.75) is 20.3 Å². The van der Waals surface area contributed by atoms with E-state index in [1.54, 1.807) is 4.90 Å². The van der Waals surface area contributed by atoms with E-state index in [-0.39, 0.29) is 18.9 Å². The molecular formula is C12H20N2O5. The summed E-state index contributed by atoms with van der Waals surface area (Å²) >= 11 is 0. The second-order valence-corrected chi connectivity index (χ2v) is 4.93. The maximum absolute atomic E-state index is 11.8. The van der Waals surface area contributed by atoms with Crippen molar-refractivity contribution in [3.8, 4) is 0 Å². The zero-order valence-electron chi connectivity index (χ0n) is 11.3. The highest BCUT2D eigenvalue weighted by Crippen LogP contribution is 2.14. The number of hydrogen-bond acceptors (Lipinski definition) is 4. The molecule has 1 heterocycles. The fourth-order valence-electron chi connectivity index (χ4n) is 1.57. The molecule has 7 heteroatoms. The number of carbonyl (C=O) groups excluding carboxylic acids is 2. The molecule has 0 aromatic rings. The summed E-state index contributed by atoms with van der Waals surface area (Å²) in [5.41, 5.74) is -1.48. The van der Waals surface area contributed by atoms with E-state index in [9.17, 15) is 14.4 Å². The van der Waals surface area contributed by atoms with Crippen LogP contribution in [0.1, 0.15) is 20.3 Å². The van der Waals surface area contributed by atoms with Gasteiger partial charge in [0.1, 0.15) is 5.41 Å². The van der Waals surface area contributed by atoms with Crippen LogP contribution in [0.5, 0.6) is 0 Å². The average molecular weight is 272 g/mol. The van der Waals surface area contributed by atoms with Gasteiger partial charge in [0, 0.05) is 26.1 Å². The number of morpholine rings is 1. The lowest BCUT2D eigenvalue weighted by molar-refractivity contribution is -0.153. The highest BCUT2D eigenvalue weighted by Gasteiger charge is 2.35. The molecule has 1 aliphatic heterocycles. The Balaban J connectivity index is 2.31. The third-order valence-corrected chi connectivity index (χ3v) is 3.09. The minimum absolute atomic E-state index is 0.0586. The number of carboxylic acids is 1. The molecule has 108 valence electrons. The first-order valence-corrected chi connectivity index (χ1v) is 6.23. The molecule has 0 aromatic carbocycles. The Morgan fingerprint density at radius 3 is 2.37 bits per heavy atom. The molecule has 2 N–H and O–H groups in total. The summed E-state index contributed by atoms with van der Waals surface area (Å²) in [6.07, 6.45) is 0.168. The second kappa shape index (κ2) is 6.51. The molecule has 0 atom stereocenters. The number of rotatable bonds is 5. The summed E-state index contributed by atoms with van der Waals surface area (Å²) in [4.78, 5) is 35.9. The number of hydrogen-bond donors (Lipinski definition) is 2. The van der Waals surface area contributed by atoms with E-state index in [1.807, 2.05) is 0 Å². The van der Waals surface area contributed by atoms with Gasteiger partial charge in [0.2, 0.25) is 11.8 Å². The largest absolute Gasteiger partial charge is 0.480 e. The lowest BCUT2D eigenvalue weighted by Gasteiger charge is -2.27. The Morgan fingerprint density at radius 2 is 1.84 bits per heavy atom. The smallest absolute Gasteiger partial charge is 0.318 e. The van der Waals surface area contributed by atoms with Crippen LogP contribution in [0.25, 0.3) is 0 Å². The molecule has 0 radical (unpaired) electrons. The minimum Gasteiger partial charge on any atom is -0.480 e. The van der Waals surface area contributed by atoms with Crippen molar-refractivity contribution in [1.29, 1.82) is 0 Å². The van der Waals surface area contributed by atoms with E-state index in [2.05, 4.69) is 5.32 Å². The predicted octanol–water partition coefficient (Wildman–Crippen LogP) is -0.538. The second-order valence-electron chi connectivity index (χ2n) is 4.93. The van der Waals surface area contributed by atoms with Crippen LogP contribution in [0.15, 0.2) is 0 Å². The third-order valence-electron chi connectivity index (χ3n) is 3.09. The van der Waals surface area contributed by atoms with Gasteiger partial charge < -0.3 is 20.1 Å². The maximum atomic E-state index is 11.8. The van der Waals surface area contributed by atoms with Crippen LogP contribution in [-0.4, -0.2) is 60.6 Å². The van der Waals surface area contributed by atoms with Gasteiger partial charge in [0.15, 0.2) is 0 Å². The van der Waals surface area contributed by atoms with Crippen LogP contribution in [0.3, 0.4) is 0 Å². The minimum atomic E-state index is -1.48. The van der Waals surface area contributed by atoms with Gasteiger partial charge in [-0.05, 0) is 13.8 Å². The maximum Gasteiger partial charge on any atom is 0.318 e. The Bertz CT molecular complexity index is 361. The van der Waals surface area contributed by atoms with Gasteiger partial charge >= 0.3 is 5.97 Å². The molecule has 0 aliphatic carbocycles. The van der Waals surface area contributed by atoms with Crippen LogP contribution < -0.4 is 5.32 Å². The number of ether oxygens (including phenoxy) is 1. The number of nitrogens with one attached hydrogen (secondary N) is 1. The van der Waals surface area contributed by atoms with Crippen LogP contribution in [0.4, 0.5) is 0 Å². The van der Waals surface area contributed by atoms with Crippen molar-refractivity contribution in [1.82, 2.24) is 10.2 Å². The number of aliphatic carboxylic acids is 1. The topological polar surface area (TPSA) is 95.9 Å². The zero-order valence-corrected chi connectivity index (χ0v) is 11.3. The molecule has 1 fully saturated rings. The van der Waals surface area contributed by atoms with E-state index in [4.69, 9.17) is 9.84 Å². The SMILES string of the molecule is CC(C)(C(=O)O)C(=O)NCCC(=O)N1CCOCC1. The van der Waals surface area contributed by atoms with Crippen molar-refractivity contribution < 1.29 is 24.2 Å². The highest BCUT2D eigenvalue weighted by atomic mass is 16.5.